The highest BCUT2D eigenvalue weighted by Crippen LogP contribution is 2.38. The van der Waals surface area contributed by atoms with Crippen molar-refractivity contribution in [1.29, 1.82) is 0 Å². The third-order valence-corrected chi connectivity index (χ3v) is 3.92. The highest BCUT2D eigenvalue weighted by atomic mass is 79.9. The van der Waals surface area contributed by atoms with Crippen molar-refractivity contribution in [1.82, 2.24) is 0 Å². The standard InChI is InChI=1S/C16H9BrClF2NO3/c17-10-6-9(18)7-11(14(10)24-16(19)20)21-15(22)13-5-8-3-1-2-4-12(8)23-13/h1-7,16H,(H,21,22). The molecule has 1 aromatic heterocycles. The van der Waals surface area contributed by atoms with Gasteiger partial charge in [0.25, 0.3) is 5.91 Å². The number of fused-ring (bicyclic) bond motifs is 1. The number of rotatable bonds is 4. The Morgan fingerprint density at radius 2 is 2.00 bits per heavy atom. The van der Waals surface area contributed by atoms with Crippen LogP contribution in [0.3, 0.4) is 0 Å². The average Bonchev–Trinajstić information content (AvgIpc) is 2.94. The highest BCUT2D eigenvalue weighted by Gasteiger charge is 2.19. The fraction of sp³-hybridized carbons (Fsp3) is 0.0625. The average molecular weight is 417 g/mol. The van der Waals surface area contributed by atoms with Crippen LogP contribution >= 0.6 is 27.5 Å². The number of carbonyl (C=O) groups excluding carboxylic acids is 1. The molecule has 0 spiro atoms. The number of anilines is 1. The first-order chi connectivity index (χ1) is 11.4. The third kappa shape index (κ3) is 3.52. The minimum Gasteiger partial charge on any atom is -0.451 e. The molecule has 1 N–H and O–H groups in total. The fourth-order valence-electron chi connectivity index (χ4n) is 2.14. The van der Waals surface area contributed by atoms with Gasteiger partial charge in [-0.2, -0.15) is 8.78 Å². The smallest absolute Gasteiger partial charge is 0.387 e. The molecule has 124 valence electrons. The van der Waals surface area contributed by atoms with E-state index in [2.05, 4.69) is 26.0 Å². The van der Waals surface area contributed by atoms with Crippen molar-refractivity contribution in [3.8, 4) is 5.75 Å². The van der Waals surface area contributed by atoms with Gasteiger partial charge in [-0.3, -0.25) is 4.79 Å². The molecule has 8 heteroatoms. The molecule has 0 aliphatic rings. The van der Waals surface area contributed by atoms with E-state index in [4.69, 9.17) is 16.0 Å². The Bertz CT molecular complexity index is 880. The number of ether oxygens (including phenoxy) is 1. The molecule has 1 heterocycles. The third-order valence-electron chi connectivity index (χ3n) is 3.11. The normalized spacial score (nSPS) is 11.0. The SMILES string of the molecule is O=C(Nc1cc(Cl)cc(Br)c1OC(F)F)c1cc2ccccc2o1. The molecule has 0 atom stereocenters. The first-order valence-electron chi connectivity index (χ1n) is 6.68. The maximum atomic E-state index is 12.6. The lowest BCUT2D eigenvalue weighted by atomic mass is 10.2. The Balaban J connectivity index is 1.93. The van der Waals surface area contributed by atoms with E-state index in [0.717, 1.165) is 5.39 Å². The van der Waals surface area contributed by atoms with Crippen molar-refractivity contribution < 1.29 is 22.7 Å². The van der Waals surface area contributed by atoms with Gasteiger partial charge in [-0.05, 0) is 40.2 Å². The van der Waals surface area contributed by atoms with Crippen LogP contribution in [-0.4, -0.2) is 12.5 Å². The first-order valence-corrected chi connectivity index (χ1v) is 7.85. The minimum atomic E-state index is -3.05. The maximum Gasteiger partial charge on any atom is 0.387 e. The zero-order valence-corrected chi connectivity index (χ0v) is 14.2. The predicted molar refractivity (Wildman–Crippen MR) is 90.0 cm³/mol. The summed E-state index contributed by atoms with van der Waals surface area (Å²) in [5, 5.41) is 3.46. The molecular weight excluding hydrogens is 408 g/mol. The van der Waals surface area contributed by atoms with Crippen LogP contribution in [0.5, 0.6) is 5.75 Å². The largest absolute Gasteiger partial charge is 0.451 e. The molecule has 3 aromatic rings. The van der Waals surface area contributed by atoms with Crippen LogP contribution in [0.1, 0.15) is 10.6 Å². The van der Waals surface area contributed by atoms with E-state index in [0.29, 0.717) is 5.58 Å². The number of alkyl halides is 2. The summed E-state index contributed by atoms with van der Waals surface area (Å²) in [4.78, 5) is 12.3. The predicted octanol–water partition coefficient (Wildman–Crippen LogP) is 5.70. The Morgan fingerprint density at radius 3 is 2.71 bits per heavy atom. The summed E-state index contributed by atoms with van der Waals surface area (Å²) in [6.07, 6.45) is 0. The van der Waals surface area contributed by atoms with E-state index in [1.807, 2.05) is 6.07 Å². The summed E-state index contributed by atoms with van der Waals surface area (Å²) in [5.41, 5.74) is 0.541. The lowest BCUT2D eigenvalue weighted by Gasteiger charge is -2.13. The van der Waals surface area contributed by atoms with Gasteiger partial charge < -0.3 is 14.5 Å². The van der Waals surface area contributed by atoms with Gasteiger partial charge in [-0.25, -0.2) is 0 Å². The van der Waals surface area contributed by atoms with Crippen LogP contribution in [-0.2, 0) is 0 Å². The van der Waals surface area contributed by atoms with Crippen molar-refractivity contribution in [3.63, 3.8) is 0 Å². The summed E-state index contributed by atoms with van der Waals surface area (Å²) in [5.74, 6) is -0.798. The van der Waals surface area contributed by atoms with Gasteiger partial charge in [0.05, 0.1) is 10.2 Å². The van der Waals surface area contributed by atoms with E-state index in [1.165, 1.54) is 12.1 Å². The van der Waals surface area contributed by atoms with Gasteiger partial charge in [-0.15, -0.1) is 0 Å². The van der Waals surface area contributed by atoms with Crippen LogP contribution in [0, 0.1) is 0 Å². The molecular formula is C16H9BrClF2NO3. The van der Waals surface area contributed by atoms with Crippen LogP contribution in [0.25, 0.3) is 11.0 Å². The minimum absolute atomic E-state index is 0.000121. The molecule has 1 amide bonds. The quantitative estimate of drug-likeness (QED) is 0.593. The number of furan rings is 1. The molecule has 0 aliphatic heterocycles. The van der Waals surface area contributed by atoms with E-state index in [1.54, 1.807) is 24.3 Å². The molecule has 0 unspecified atom stereocenters. The maximum absolute atomic E-state index is 12.6. The molecule has 0 saturated heterocycles. The van der Waals surface area contributed by atoms with Crippen LogP contribution in [0.2, 0.25) is 5.02 Å². The second-order valence-electron chi connectivity index (χ2n) is 4.75. The Labute approximate surface area is 148 Å². The lowest BCUT2D eigenvalue weighted by Crippen LogP contribution is -2.13. The van der Waals surface area contributed by atoms with Crippen molar-refractivity contribution >= 4 is 50.1 Å². The lowest BCUT2D eigenvalue weighted by molar-refractivity contribution is -0.0498. The van der Waals surface area contributed by atoms with Crippen LogP contribution in [0.15, 0.2) is 51.4 Å². The number of para-hydroxylation sites is 1. The molecule has 2 aromatic carbocycles. The summed E-state index contributed by atoms with van der Waals surface area (Å²) in [6.45, 7) is -3.05. The molecule has 0 fully saturated rings. The molecule has 0 aliphatic carbocycles. The number of hydrogen-bond donors (Lipinski definition) is 1. The second kappa shape index (κ2) is 6.78. The number of amides is 1. The zero-order valence-electron chi connectivity index (χ0n) is 11.9. The number of benzene rings is 2. The summed E-state index contributed by atoms with van der Waals surface area (Å²) < 4.78 is 35.2. The van der Waals surface area contributed by atoms with Gasteiger partial charge in [0.15, 0.2) is 11.5 Å². The Hall–Kier alpha value is -2.12. The fourth-order valence-corrected chi connectivity index (χ4v) is 3.04. The molecule has 0 saturated carbocycles. The summed E-state index contributed by atoms with van der Waals surface area (Å²) in [6, 6.07) is 11.3. The number of carbonyl (C=O) groups is 1. The van der Waals surface area contributed by atoms with Crippen LogP contribution < -0.4 is 10.1 Å². The monoisotopic (exact) mass is 415 g/mol. The number of nitrogens with one attached hydrogen (secondary N) is 1. The number of hydrogen-bond acceptors (Lipinski definition) is 3. The van der Waals surface area contributed by atoms with Gasteiger partial charge in [0.1, 0.15) is 5.58 Å². The van der Waals surface area contributed by atoms with Gasteiger partial charge in [-0.1, -0.05) is 29.8 Å². The van der Waals surface area contributed by atoms with Gasteiger partial charge in [0, 0.05) is 10.4 Å². The topological polar surface area (TPSA) is 51.5 Å². The molecule has 0 bridgehead atoms. The van der Waals surface area contributed by atoms with Gasteiger partial charge in [0.2, 0.25) is 0 Å². The van der Waals surface area contributed by atoms with Crippen molar-refractivity contribution in [3.05, 3.63) is 57.7 Å². The molecule has 0 radical (unpaired) electrons. The number of halogens is 4. The van der Waals surface area contributed by atoms with Crippen molar-refractivity contribution in [2.45, 2.75) is 6.61 Å². The molecule has 24 heavy (non-hydrogen) atoms. The Kier molecular flexibility index (Phi) is 4.73. The molecule has 4 nitrogen and oxygen atoms in total. The summed E-state index contributed by atoms with van der Waals surface area (Å²) >= 11 is 8.99. The Morgan fingerprint density at radius 1 is 1.25 bits per heavy atom. The van der Waals surface area contributed by atoms with Crippen molar-refractivity contribution in [2.75, 3.05) is 5.32 Å². The zero-order chi connectivity index (χ0) is 17.3. The van der Waals surface area contributed by atoms with E-state index < -0.39 is 12.5 Å². The summed E-state index contributed by atoms with van der Waals surface area (Å²) in [7, 11) is 0. The van der Waals surface area contributed by atoms with E-state index in [9.17, 15) is 13.6 Å². The van der Waals surface area contributed by atoms with E-state index >= 15 is 0 Å². The highest BCUT2D eigenvalue weighted by molar-refractivity contribution is 9.10. The second-order valence-corrected chi connectivity index (χ2v) is 6.04. The van der Waals surface area contributed by atoms with Crippen molar-refractivity contribution in [2.24, 2.45) is 0 Å². The van der Waals surface area contributed by atoms with Crippen LogP contribution in [0.4, 0.5) is 14.5 Å². The van der Waals surface area contributed by atoms with E-state index in [-0.39, 0.29) is 26.7 Å². The van der Waals surface area contributed by atoms with Gasteiger partial charge >= 0.3 is 6.61 Å². The molecule has 3 rings (SSSR count). The first kappa shape index (κ1) is 16.7.